The fourth-order valence-corrected chi connectivity index (χ4v) is 5.72. The molecule has 0 unspecified atom stereocenters. The summed E-state index contributed by atoms with van der Waals surface area (Å²) in [5.74, 6) is 0.241. The summed E-state index contributed by atoms with van der Waals surface area (Å²) in [6.07, 6.45) is 3.73. The third-order valence-corrected chi connectivity index (χ3v) is 7.69. The number of carbonyl (C=O) groups excluding carboxylic acids is 1. The molecule has 11 heteroatoms. The minimum atomic E-state index is -1.14. The number of aromatic amines is 1. The van der Waals surface area contributed by atoms with E-state index >= 15 is 0 Å². The normalized spacial score (nSPS) is 22.9. The standard InChI is InChI=1S/C28H27N7O4/c36-12-21-24(37)22(34-27(38)18-5-6-20-17(9-18)7-8-29-20)28(39-21)35-14-32-23-25(30-13-31-26(23)35)33-19-10-15-3-1-2-4-16(15)11-19/h1-9,13-14,19,21-22,24,28-29,36-37H,10-12H2,(H,34,38)(H,30,31,33)/t21-,22-,24-,28-/m1/s1. The Morgan fingerprint density at radius 3 is 2.72 bits per heavy atom. The molecule has 4 heterocycles. The molecule has 3 aromatic heterocycles. The molecular weight excluding hydrogens is 498 g/mol. The Morgan fingerprint density at radius 1 is 1.10 bits per heavy atom. The summed E-state index contributed by atoms with van der Waals surface area (Å²) in [7, 11) is 0. The van der Waals surface area contributed by atoms with Crippen LogP contribution in [0.2, 0.25) is 0 Å². The van der Waals surface area contributed by atoms with Gasteiger partial charge >= 0.3 is 0 Å². The second-order valence-electron chi connectivity index (χ2n) is 10.1. The Balaban J connectivity index is 1.16. The number of fused-ring (bicyclic) bond motifs is 3. The van der Waals surface area contributed by atoms with E-state index in [-0.39, 0.29) is 11.9 Å². The van der Waals surface area contributed by atoms with E-state index < -0.39 is 31.1 Å². The number of aliphatic hydroxyl groups excluding tert-OH is 2. The highest BCUT2D eigenvalue weighted by atomic mass is 16.5. The highest BCUT2D eigenvalue weighted by molar-refractivity contribution is 5.98. The molecule has 2 aromatic carbocycles. The number of carbonyl (C=O) groups is 1. The van der Waals surface area contributed by atoms with Crippen LogP contribution in [0.15, 0.2) is 67.4 Å². The van der Waals surface area contributed by atoms with Gasteiger partial charge in [0.1, 0.15) is 24.6 Å². The summed E-state index contributed by atoms with van der Waals surface area (Å²) in [4.78, 5) is 29.8. The van der Waals surface area contributed by atoms with Crippen LogP contribution in [0, 0.1) is 0 Å². The highest BCUT2D eigenvalue weighted by Crippen LogP contribution is 2.33. The minimum absolute atomic E-state index is 0.179. The van der Waals surface area contributed by atoms with Crippen molar-refractivity contribution >= 4 is 33.8 Å². The first-order valence-corrected chi connectivity index (χ1v) is 12.9. The van der Waals surface area contributed by atoms with Crippen molar-refractivity contribution in [1.82, 2.24) is 29.8 Å². The van der Waals surface area contributed by atoms with Gasteiger partial charge in [0.25, 0.3) is 5.91 Å². The van der Waals surface area contributed by atoms with Gasteiger partial charge in [0.05, 0.1) is 12.9 Å². The number of hydrogen-bond acceptors (Lipinski definition) is 8. The number of nitrogens with one attached hydrogen (secondary N) is 3. The SMILES string of the molecule is O=C(N[C@@H]1[C@H](O)[C@@H](CO)O[C@H]1n1cnc2c(NC3Cc4ccccc4C3)ncnc21)c1ccc2[nH]ccc2c1. The lowest BCUT2D eigenvalue weighted by molar-refractivity contribution is -0.0440. The molecule has 1 amide bonds. The molecule has 11 nitrogen and oxygen atoms in total. The molecule has 198 valence electrons. The fourth-order valence-electron chi connectivity index (χ4n) is 5.72. The van der Waals surface area contributed by atoms with E-state index in [2.05, 4.69) is 54.8 Å². The smallest absolute Gasteiger partial charge is 0.251 e. The molecule has 0 bridgehead atoms. The maximum absolute atomic E-state index is 13.2. The Hall–Kier alpha value is -4.32. The molecule has 1 fully saturated rings. The van der Waals surface area contributed by atoms with Crippen molar-refractivity contribution in [3.05, 3.63) is 84.1 Å². The molecule has 39 heavy (non-hydrogen) atoms. The quantitative estimate of drug-likeness (QED) is 0.226. The maximum Gasteiger partial charge on any atom is 0.251 e. The summed E-state index contributed by atoms with van der Waals surface area (Å²) >= 11 is 0. The van der Waals surface area contributed by atoms with E-state index in [0.717, 1.165) is 23.7 Å². The van der Waals surface area contributed by atoms with Gasteiger partial charge in [-0.3, -0.25) is 9.36 Å². The lowest BCUT2D eigenvalue weighted by atomic mass is 10.1. The largest absolute Gasteiger partial charge is 0.394 e. The van der Waals surface area contributed by atoms with E-state index in [0.29, 0.717) is 22.5 Å². The van der Waals surface area contributed by atoms with E-state index in [1.165, 1.54) is 17.5 Å². The van der Waals surface area contributed by atoms with Crippen LogP contribution in [0.25, 0.3) is 22.1 Å². The predicted molar refractivity (Wildman–Crippen MR) is 143 cm³/mol. The number of aliphatic hydroxyl groups is 2. The number of benzene rings is 2. The number of imidazole rings is 1. The molecule has 1 aliphatic heterocycles. The number of aromatic nitrogens is 5. The average molecular weight is 526 g/mol. The number of H-pyrrole nitrogens is 1. The van der Waals surface area contributed by atoms with Crippen molar-refractivity contribution in [3.8, 4) is 0 Å². The molecular formula is C28H27N7O4. The van der Waals surface area contributed by atoms with Crippen LogP contribution in [-0.2, 0) is 17.6 Å². The van der Waals surface area contributed by atoms with E-state index in [9.17, 15) is 15.0 Å². The molecule has 0 saturated carbocycles. The van der Waals surface area contributed by atoms with Gasteiger partial charge in [0.2, 0.25) is 0 Å². The topological polar surface area (TPSA) is 150 Å². The number of nitrogens with zero attached hydrogens (tertiary/aromatic N) is 4. The third-order valence-electron chi connectivity index (χ3n) is 7.69. The van der Waals surface area contributed by atoms with Crippen LogP contribution in [0.1, 0.15) is 27.7 Å². The molecule has 5 N–H and O–H groups in total. The number of hydrogen-bond donors (Lipinski definition) is 5. The fraction of sp³-hybridized carbons (Fsp3) is 0.286. The monoisotopic (exact) mass is 525 g/mol. The Kier molecular flexibility index (Phi) is 5.76. The summed E-state index contributed by atoms with van der Waals surface area (Å²) in [6, 6.07) is 14.9. The second kappa shape index (κ2) is 9.45. The maximum atomic E-state index is 13.2. The van der Waals surface area contributed by atoms with Crippen LogP contribution in [0.5, 0.6) is 0 Å². The van der Waals surface area contributed by atoms with Gasteiger partial charge in [-0.15, -0.1) is 0 Å². The van der Waals surface area contributed by atoms with E-state index in [1.807, 2.05) is 18.3 Å². The summed E-state index contributed by atoms with van der Waals surface area (Å²) in [5.41, 5.74) is 5.06. The first-order chi connectivity index (χ1) is 19.1. The van der Waals surface area contributed by atoms with Gasteiger partial charge in [0.15, 0.2) is 23.2 Å². The minimum Gasteiger partial charge on any atom is -0.394 e. The van der Waals surface area contributed by atoms with Gasteiger partial charge in [-0.25, -0.2) is 15.0 Å². The molecule has 5 aromatic rings. The zero-order chi connectivity index (χ0) is 26.5. The molecule has 0 radical (unpaired) electrons. The average Bonchev–Trinajstić information content (AvgIpc) is 3.74. The van der Waals surface area contributed by atoms with Crippen molar-refractivity contribution in [2.45, 2.75) is 43.4 Å². The summed E-state index contributed by atoms with van der Waals surface area (Å²) in [5, 5.41) is 28.1. The summed E-state index contributed by atoms with van der Waals surface area (Å²) < 4.78 is 7.69. The van der Waals surface area contributed by atoms with Crippen LogP contribution in [0.4, 0.5) is 5.82 Å². The Labute approximate surface area is 222 Å². The van der Waals surface area contributed by atoms with Crippen LogP contribution >= 0.6 is 0 Å². The first kappa shape index (κ1) is 23.8. The molecule has 7 rings (SSSR count). The zero-order valence-corrected chi connectivity index (χ0v) is 20.9. The molecule has 2 aliphatic rings. The van der Waals surface area contributed by atoms with Gasteiger partial charge in [-0.05, 0) is 48.2 Å². The van der Waals surface area contributed by atoms with Crippen LogP contribution < -0.4 is 10.6 Å². The van der Waals surface area contributed by atoms with Crippen molar-refractivity contribution in [1.29, 1.82) is 0 Å². The van der Waals surface area contributed by atoms with Crippen molar-refractivity contribution in [3.63, 3.8) is 0 Å². The lowest BCUT2D eigenvalue weighted by Crippen LogP contribution is -2.46. The number of rotatable bonds is 6. The third kappa shape index (κ3) is 4.11. The van der Waals surface area contributed by atoms with Crippen LogP contribution in [0.3, 0.4) is 0 Å². The van der Waals surface area contributed by atoms with Gasteiger partial charge in [-0.1, -0.05) is 24.3 Å². The lowest BCUT2D eigenvalue weighted by Gasteiger charge is -2.23. The molecule has 1 aliphatic carbocycles. The second-order valence-corrected chi connectivity index (χ2v) is 10.1. The Morgan fingerprint density at radius 2 is 1.92 bits per heavy atom. The predicted octanol–water partition coefficient (Wildman–Crippen LogP) is 1.94. The molecule has 4 atom stereocenters. The first-order valence-electron chi connectivity index (χ1n) is 12.9. The number of ether oxygens (including phenoxy) is 1. The number of amides is 1. The van der Waals surface area contributed by atoms with Crippen molar-refractivity contribution in [2.24, 2.45) is 0 Å². The number of anilines is 1. The molecule has 0 spiro atoms. The van der Waals surface area contributed by atoms with E-state index in [1.54, 1.807) is 23.0 Å². The van der Waals surface area contributed by atoms with E-state index in [4.69, 9.17) is 4.74 Å². The van der Waals surface area contributed by atoms with Crippen molar-refractivity contribution in [2.75, 3.05) is 11.9 Å². The zero-order valence-electron chi connectivity index (χ0n) is 20.9. The van der Waals surface area contributed by atoms with Gasteiger partial charge in [0, 0.05) is 28.7 Å². The Bertz CT molecular complexity index is 1660. The van der Waals surface area contributed by atoms with Crippen molar-refractivity contribution < 1.29 is 19.7 Å². The van der Waals surface area contributed by atoms with Crippen LogP contribution in [-0.4, -0.2) is 71.5 Å². The molecule has 1 saturated heterocycles. The van der Waals surface area contributed by atoms with Gasteiger partial charge < -0.3 is 30.6 Å². The summed E-state index contributed by atoms with van der Waals surface area (Å²) in [6.45, 7) is -0.407. The van der Waals surface area contributed by atoms with Gasteiger partial charge in [-0.2, -0.15) is 0 Å². The highest BCUT2D eigenvalue weighted by Gasteiger charge is 2.46.